The zero-order valence-corrected chi connectivity index (χ0v) is 13.5. The second-order valence-electron chi connectivity index (χ2n) is 5.78. The number of nitrogens with one attached hydrogen (secondary N) is 1. The number of carbonyl (C=O) groups excluding carboxylic acids is 1. The van der Waals surface area contributed by atoms with Crippen LogP contribution in [-0.4, -0.2) is 49.4 Å². The molecule has 20 heavy (non-hydrogen) atoms. The van der Waals surface area contributed by atoms with Gasteiger partial charge in [-0.05, 0) is 50.7 Å². The zero-order valence-electron chi connectivity index (χ0n) is 12.7. The SMILES string of the molecule is CCOC(=O)C(CSCCCOC)(NC1CC1)C1CC1. The molecule has 0 aliphatic heterocycles. The maximum absolute atomic E-state index is 12.5. The number of thioether (sulfide) groups is 1. The van der Waals surface area contributed by atoms with Crippen molar-refractivity contribution >= 4 is 17.7 Å². The first-order valence-corrected chi connectivity index (χ1v) is 8.90. The average molecular weight is 301 g/mol. The predicted octanol–water partition coefficient (Wildman–Crippen LogP) is 2.22. The molecule has 5 heteroatoms. The van der Waals surface area contributed by atoms with Gasteiger partial charge in [0, 0.05) is 25.5 Å². The molecule has 2 rings (SSSR count). The van der Waals surface area contributed by atoms with Crippen molar-refractivity contribution in [1.82, 2.24) is 5.32 Å². The average Bonchev–Trinajstić information content (AvgIpc) is 3.29. The van der Waals surface area contributed by atoms with Crippen LogP contribution in [0.2, 0.25) is 0 Å². The van der Waals surface area contributed by atoms with E-state index in [-0.39, 0.29) is 5.97 Å². The fourth-order valence-corrected chi connectivity index (χ4v) is 3.75. The van der Waals surface area contributed by atoms with Gasteiger partial charge < -0.3 is 9.47 Å². The molecule has 2 saturated carbocycles. The predicted molar refractivity (Wildman–Crippen MR) is 82.1 cm³/mol. The largest absolute Gasteiger partial charge is 0.465 e. The van der Waals surface area contributed by atoms with Crippen molar-refractivity contribution in [3.8, 4) is 0 Å². The number of hydrogen-bond donors (Lipinski definition) is 1. The van der Waals surface area contributed by atoms with Crippen molar-refractivity contribution in [3.63, 3.8) is 0 Å². The summed E-state index contributed by atoms with van der Waals surface area (Å²) in [7, 11) is 1.73. The van der Waals surface area contributed by atoms with Gasteiger partial charge in [-0.25, -0.2) is 0 Å². The molecule has 0 aromatic heterocycles. The Labute approximate surface area is 126 Å². The summed E-state index contributed by atoms with van der Waals surface area (Å²) in [6, 6.07) is 0.527. The molecule has 0 aromatic rings. The van der Waals surface area contributed by atoms with Gasteiger partial charge in [-0.15, -0.1) is 0 Å². The molecule has 1 atom stereocenters. The third-order valence-corrected chi connectivity index (χ3v) is 5.16. The minimum Gasteiger partial charge on any atom is -0.465 e. The van der Waals surface area contributed by atoms with E-state index in [1.54, 1.807) is 7.11 Å². The van der Waals surface area contributed by atoms with E-state index >= 15 is 0 Å². The monoisotopic (exact) mass is 301 g/mol. The van der Waals surface area contributed by atoms with Crippen molar-refractivity contribution in [2.45, 2.75) is 50.6 Å². The van der Waals surface area contributed by atoms with Crippen molar-refractivity contribution in [2.75, 3.05) is 31.8 Å². The van der Waals surface area contributed by atoms with Crippen LogP contribution in [0.3, 0.4) is 0 Å². The molecule has 0 bridgehead atoms. The molecular formula is C15H27NO3S. The standard InChI is InChI=1S/C15H27NO3S/c1-3-19-14(17)15(12-5-6-12,16-13-7-8-13)11-20-10-4-9-18-2/h12-13,16H,3-11H2,1-2H3. The van der Waals surface area contributed by atoms with Gasteiger partial charge in [0.15, 0.2) is 0 Å². The van der Waals surface area contributed by atoms with Gasteiger partial charge in [0.05, 0.1) is 6.61 Å². The van der Waals surface area contributed by atoms with Gasteiger partial charge in [0.2, 0.25) is 0 Å². The third kappa shape index (κ3) is 4.37. The molecule has 0 aromatic carbocycles. The highest BCUT2D eigenvalue weighted by Gasteiger charge is 2.53. The molecule has 4 nitrogen and oxygen atoms in total. The Kier molecular flexibility index (Phi) is 6.18. The molecule has 0 saturated heterocycles. The van der Waals surface area contributed by atoms with Gasteiger partial charge in [-0.3, -0.25) is 10.1 Å². The number of rotatable bonds is 11. The van der Waals surface area contributed by atoms with Crippen LogP contribution in [0.15, 0.2) is 0 Å². The lowest BCUT2D eigenvalue weighted by molar-refractivity contribution is -0.151. The fraction of sp³-hybridized carbons (Fsp3) is 0.933. The Morgan fingerprint density at radius 1 is 1.35 bits per heavy atom. The molecule has 116 valence electrons. The normalized spacial score (nSPS) is 21.5. The first kappa shape index (κ1) is 16.1. The quantitative estimate of drug-likeness (QED) is 0.468. The summed E-state index contributed by atoms with van der Waals surface area (Å²) in [6.07, 6.45) is 5.73. The Bertz CT molecular complexity index is 318. The molecule has 2 fully saturated rings. The number of hydrogen-bond acceptors (Lipinski definition) is 5. The molecule has 0 amide bonds. The van der Waals surface area contributed by atoms with Gasteiger partial charge in [0.1, 0.15) is 5.54 Å². The van der Waals surface area contributed by atoms with Crippen LogP contribution in [0.1, 0.15) is 39.0 Å². The van der Waals surface area contributed by atoms with E-state index in [0.717, 1.165) is 37.4 Å². The van der Waals surface area contributed by atoms with Gasteiger partial charge >= 0.3 is 5.97 Å². The zero-order chi connectivity index (χ0) is 14.4. The van der Waals surface area contributed by atoms with Crippen molar-refractivity contribution in [3.05, 3.63) is 0 Å². The highest BCUT2D eigenvalue weighted by molar-refractivity contribution is 7.99. The van der Waals surface area contributed by atoms with E-state index in [4.69, 9.17) is 9.47 Å². The summed E-state index contributed by atoms with van der Waals surface area (Å²) in [4.78, 5) is 12.5. The minimum atomic E-state index is -0.436. The Hall–Kier alpha value is -0.260. The summed E-state index contributed by atoms with van der Waals surface area (Å²) in [5, 5.41) is 3.62. The van der Waals surface area contributed by atoms with Gasteiger partial charge in [0.25, 0.3) is 0 Å². The van der Waals surface area contributed by atoms with E-state index in [1.165, 1.54) is 12.8 Å². The molecule has 2 aliphatic carbocycles. The highest BCUT2D eigenvalue weighted by Crippen LogP contribution is 2.44. The Balaban J connectivity index is 1.91. The number of esters is 1. The Morgan fingerprint density at radius 2 is 2.10 bits per heavy atom. The Morgan fingerprint density at radius 3 is 2.65 bits per heavy atom. The summed E-state index contributed by atoms with van der Waals surface area (Å²) in [5.74, 6) is 2.30. The fourth-order valence-electron chi connectivity index (χ4n) is 2.53. The number of ether oxygens (including phenoxy) is 2. The molecule has 0 heterocycles. The molecule has 0 radical (unpaired) electrons. The summed E-state index contributed by atoms with van der Waals surface area (Å²) in [6.45, 7) is 3.14. The molecular weight excluding hydrogens is 274 g/mol. The van der Waals surface area contributed by atoms with E-state index in [9.17, 15) is 4.79 Å². The number of methoxy groups -OCH3 is 1. The third-order valence-electron chi connectivity index (χ3n) is 3.92. The van der Waals surface area contributed by atoms with Crippen LogP contribution in [0.5, 0.6) is 0 Å². The van der Waals surface area contributed by atoms with E-state index < -0.39 is 5.54 Å². The van der Waals surface area contributed by atoms with Crippen LogP contribution < -0.4 is 5.32 Å². The van der Waals surface area contributed by atoms with Crippen molar-refractivity contribution in [2.24, 2.45) is 5.92 Å². The van der Waals surface area contributed by atoms with Crippen LogP contribution in [0.25, 0.3) is 0 Å². The van der Waals surface area contributed by atoms with Crippen LogP contribution in [0.4, 0.5) is 0 Å². The van der Waals surface area contributed by atoms with E-state index in [2.05, 4.69) is 5.32 Å². The second-order valence-corrected chi connectivity index (χ2v) is 6.89. The maximum atomic E-state index is 12.5. The molecule has 1 N–H and O–H groups in total. The summed E-state index contributed by atoms with van der Waals surface area (Å²) < 4.78 is 10.4. The van der Waals surface area contributed by atoms with Crippen LogP contribution >= 0.6 is 11.8 Å². The second kappa shape index (κ2) is 7.66. The first-order chi connectivity index (χ1) is 9.73. The first-order valence-electron chi connectivity index (χ1n) is 7.74. The van der Waals surface area contributed by atoms with Crippen LogP contribution in [-0.2, 0) is 14.3 Å². The van der Waals surface area contributed by atoms with Gasteiger partial charge in [-0.1, -0.05) is 0 Å². The topological polar surface area (TPSA) is 47.6 Å². The maximum Gasteiger partial charge on any atom is 0.327 e. The van der Waals surface area contributed by atoms with E-state index in [1.807, 2.05) is 18.7 Å². The summed E-state index contributed by atoms with van der Waals surface area (Å²) >= 11 is 1.85. The van der Waals surface area contributed by atoms with Crippen molar-refractivity contribution in [1.29, 1.82) is 0 Å². The van der Waals surface area contributed by atoms with Crippen molar-refractivity contribution < 1.29 is 14.3 Å². The number of carbonyl (C=O) groups is 1. The molecule has 1 unspecified atom stereocenters. The lowest BCUT2D eigenvalue weighted by atomic mass is 9.95. The summed E-state index contributed by atoms with van der Waals surface area (Å²) in [5.41, 5.74) is -0.436. The molecule has 2 aliphatic rings. The van der Waals surface area contributed by atoms with Crippen LogP contribution in [0, 0.1) is 5.92 Å². The lowest BCUT2D eigenvalue weighted by Gasteiger charge is -2.32. The van der Waals surface area contributed by atoms with E-state index in [0.29, 0.717) is 18.6 Å². The van der Waals surface area contributed by atoms with Gasteiger partial charge in [-0.2, -0.15) is 11.8 Å². The lowest BCUT2D eigenvalue weighted by Crippen LogP contribution is -2.58. The smallest absolute Gasteiger partial charge is 0.327 e. The molecule has 0 spiro atoms. The minimum absolute atomic E-state index is 0.0337. The highest BCUT2D eigenvalue weighted by atomic mass is 32.2.